The zero-order chi connectivity index (χ0) is 13.5. The average molecular weight is 252 g/mol. The maximum atomic E-state index is 11.8. The number of carbonyl (C=O) groups excluding carboxylic acids is 2. The Morgan fingerprint density at radius 3 is 2.44 bits per heavy atom. The summed E-state index contributed by atoms with van der Waals surface area (Å²) in [4.78, 5) is 23.1. The topological polar surface area (TPSA) is 61.8 Å². The molecule has 0 N–H and O–H groups in total. The van der Waals surface area contributed by atoms with E-state index >= 15 is 0 Å². The van der Waals surface area contributed by atoms with Crippen molar-refractivity contribution in [3.63, 3.8) is 0 Å². The number of para-hydroxylation sites is 1. The van der Waals surface area contributed by atoms with Gasteiger partial charge in [0, 0.05) is 6.42 Å². The van der Waals surface area contributed by atoms with E-state index in [-0.39, 0.29) is 17.7 Å². The first-order valence-electron chi connectivity index (χ1n) is 5.60. The number of ether oxygens (including phenoxy) is 3. The monoisotopic (exact) mass is 252 g/mol. The quantitative estimate of drug-likeness (QED) is 0.593. The van der Waals surface area contributed by atoms with Gasteiger partial charge in [-0.1, -0.05) is 13.0 Å². The molecule has 18 heavy (non-hydrogen) atoms. The molecule has 0 heterocycles. The largest absolute Gasteiger partial charge is 0.493 e. The summed E-state index contributed by atoms with van der Waals surface area (Å²) in [5.41, 5.74) is 0.168. The van der Waals surface area contributed by atoms with E-state index in [0.717, 1.165) is 0 Å². The van der Waals surface area contributed by atoms with Crippen LogP contribution in [0.25, 0.3) is 0 Å². The molecule has 5 nitrogen and oxygen atoms in total. The summed E-state index contributed by atoms with van der Waals surface area (Å²) in [7, 11) is 2.89. The maximum absolute atomic E-state index is 11.8. The third-order valence-corrected chi connectivity index (χ3v) is 2.28. The number of rotatable bonds is 5. The molecule has 0 radical (unpaired) electrons. The summed E-state index contributed by atoms with van der Waals surface area (Å²) in [6, 6.07) is 4.80. The smallest absolute Gasteiger partial charge is 0.349 e. The van der Waals surface area contributed by atoms with Crippen LogP contribution in [0.3, 0.4) is 0 Å². The second-order valence-corrected chi connectivity index (χ2v) is 3.55. The van der Waals surface area contributed by atoms with Crippen LogP contribution >= 0.6 is 0 Å². The lowest BCUT2D eigenvalue weighted by Gasteiger charge is -2.11. The molecule has 0 fully saturated rings. The van der Waals surface area contributed by atoms with E-state index in [4.69, 9.17) is 14.2 Å². The van der Waals surface area contributed by atoms with Crippen LogP contribution < -0.4 is 9.47 Å². The van der Waals surface area contributed by atoms with Crippen LogP contribution in [-0.4, -0.2) is 26.2 Å². The fourth-order valence-corrected chi connectivity index (χ4v) is 1.46. The van der Waals surface area contributed by atoms with Gasteiger partial charge >= 0.3 is 11.9 Å². The molecule has 1 aromatic rings. The Morgan fingerprint density at radius 1 is 1.17 bits per heavy atom. The molecule has 98 valence electrons. The lowest BCUT2D eigenvalue weighted by atomic mass is 10.2. The van der Waals surface area contributed by atoms with E-state index in [1.54, 1.807) is 12.1 Å². The second-order valence-electron chi connectivity index (χ2n) is 3.55. The van der Waals surface area contributed by atoms with Crippen LogP contribution in [-0.2, 0) is 9.53 Å². The van der Waals surface area contributed by atoms with Crippen molar-refractivity contribution in [1.82, 2.24) is 0 Å². The molecule has 0 saturated heterocycles. The van der Waals surface area contributed by atoms with Crippen molar-refractivity contribution < 1.29 is 23.8 Å². The van der Waals surface area contributed by atoms with Gasteiger partial charge in [0.25, 0.3) is 0 Å². The Bertz CT molecular complexity index is 439. The predicted molar refractivity (Wildman–Crippen MR) is 64.9 cm³/mol. The van der Waals surface area contributed by atoms with Gasteiger partial charge in [-0.25, -0.2) is 4.79 Å². The van der Waals surface area contributed by atoms with E-state index < -0.39 is 11.9 Å². The number of hydrogen-bond acceptors (Lipinski definition) is 5. The molecule has 0 unspecified atom stereocenters. The number of carbonyl (C=O) groups is 2. The van der Waals surface area contributed by atoms with E-state index in [0.29, 0.717) is 12.2 Å². The van der Waals surface area contributed by atoms with E-state index in [9.17, 15) is 9.59 Å². The van der Waals surface area contributed by atoms with Crippen LogP contribution in [0.5, 0.6) is 11.5 Å². The van der Waals surface area contributed by atoms with Gasteiger partial charge in [-0.15, -0.1) is 0 Å². The van der Waals surface area contributed by atoms with Crippen molar-refractivity contribution in [2.75, 3.05) is 14.2 Å². The van der Waals surface area contributed by atoms with Gasteiger partial charge in [-0.05, 0) is 18.6 Å². The van der Waals surface area contributed by atoms with Crippen molar-refractivity contribution in [3.05, 3.63) is 23.8 Å². The van der Waals surface area contributed by atoms with Crippen LogP contribution in [0.2, 0.25) is 0 Å². The Morgan fingerprint density at radius 2 is 1.89 bits per heavy atom. The molecule has 0 aliphatic heterocycles. The molecule has 0 bridgehead atoms. The van der Waals surface area contributed by atoms with Crippen molar-refractivity contribution in [1.29, 1.82) is 0 Å². The van der Waals surface area contributed by atoms with Gasteiger partial charge in [-0.2, -0.15) is 0 Å². The van der Waals surface area contributed by atoms with Gasteiger partial charge in [0.05, 0.1) is 14.2 Å². The SMILES string of the molecule is CCCC(=O)OC(=O)c1cccc(OC)c1OC. The maximum Gasteiger partial charge on any atom is 0.349 e. The third kappa shape index (κ3) is 3.23. The average Bonchev–Trinajstić information content (AvgIpc) is 2.37. The number of hydrogen-bond donors (Lipinski definition) is 0. The molecule has 1 aromatic carbocycles. The molecule has 0 spiro atoms. The first kappa shape index (κ1) is 14.0. The Balaban J connectivity index is 2.95. The number of benzene rings is 1. The van der Waals surface area contributed by atoms with Crippen LogP contribution in [0.15, 0.2) is 18.2 Å². The van der Waals surface area contributed by atoms with Crippen LogP contribution in [0.4, 0.5) is 0 Å². The molecular weight excluding hydrogens is 236 g/mol. The molecule has 1 rings (SSSR count). The minimum Gasteiger partial charge on any atom is -0.493 e. The molecule has 0 aromatic heterocycles. The molecule has 0 atom stereocenters. The predicted octanol–water partition coefficient (Wildman–Crippen LogP) is 2.19. The van der Waals surface area contributed by atoms with Gasteiger partial charge in [-0.3, -0.25) is 4.79 Å². The highest BCUT2D eigenvalue weighted by molar-refractivity contribution is 5.99. The van der Waals surface area contributed by atoms with E-state index in [1.165, 1.54) is 20.3 Å². The molecular formula is C13H16O5. The minimum absolute atomic E-state index is 0.168. The van der Waals surface area contributed by atoms with E-state index in [1.807, 2.05) is 6.92 Å². The normalized spacial score (nSPS) is 9.72. The zero-order valence-corrected chi connectivity index (χ0v) is 10.7. The van der Waals surface area contributed by atoms with Crippen LogP contribution in [0.1, 0.15) is 30.1 Å². The van der Waals surface area contributed by atoms with Gasteiger partial charge < -0.3 is 14.2 Å². The van der Waals surface area contributed by atoms with E-state index in [2.05, 4.69) is 0 Å². The van der Waals surface area contributed by atoms with Crippen LogP contribution in [0, 0.1) is 0 Å². The highest BCUT2D eigenvalue weighted by Crippen LogP contribution is 2.31. The summed E-state index contributed by atoms with van der Waals surface area (Å²) >= 11 is 0. The summed E-state index contributed by atoms with van der Waals surface area (Å²) in [5.74, 6) is -0.610. The summed E-state index contributed by atoms with van der Waals surface area (Å²) in [6.45, 7) is 1.83. The molecule has 0 amide bonds. The second kappa shape index (κ2) is 6.64. The molecule has 0 saturated carbocycles. The van der Waals surface area contributed by atoms with Crippen molar-refractivity contribution in [2.45, 2.75) is 19.8 Å². The van der Waals surface area contributed by atoms with Gasteiger partial charge in [0.1, 0.15) is 5.56 Å². The van der Waals surface area contributed by atoms with Crippen molar-refractivity contribution in [3.8, 4) is 11.5 Å². The lowest BCUT2D eigenvalue weighted by molar-refractivity contribution is -0.137. The lowest BCUT2D eigenvalue weighted by Crippen LogP contribution is -2.13. The fourth-order valence-electron chi connectivity index (χ4n) is 1.46. The number of methoxy groups -OCH3 is 2. The number of esters is 2. The molecule has 5 heteroatoms. The summed E-state index contributed by atoms with van der Waals surface area (Å²) in [5, 5.41) is 0. The van der Waals surface area contributed by atoms with Crippen molar-refractivity contribution in [2.24, 2.45) is 0 Å². The Labute approximate surface area is 106 Å². The highest BCUT2D eigenvalue weighted by atomic mass is 16.6. The van der Waals surface area contributed by atoms with Gasteiger partial charge in [0.2, 0.25) is 0 Å². The first-order chi connectivity index (χ1) is 8.63. The molecule has 0 aliphatic carbocycles. The molecule has 0 aliphatic rings. The standard InChI is InChI=1S/C13H16O5/c1-4-6-11(14)18-13(15)9-7-5-8-10(16-2)12(9)17-3/h5,7-8H,4,6H2,1-3H3. The summed E-state index contributed by atoms with van der Waals surface area (Å²) in [6.07, 6.45) is 0.833. The minimum atomic E-state index is -0.732. The highest BCUT2D eigenvalue weighted by Gasteiger charge is 2.19. The summed E-state index contributed by atoms with van der Waals surface area (Å²) < 4.78 is 14.9. The zero-order valence-electron chi connectivity index (χ0n) is 10.7. The Kier molecular flexibility index (Phi) is 5.17. The first-order valence-corrected chi connectivity index (χ1v) is 5.60. The van der Waals surface area contributed by atoms with Gasteiger partial charge in [0.15, 0.2) is 11.5 Å². The fraction of sp³-hybridized carbons (Fsp3) is 0.385. The third-order valence-electron chi connectivity index (χ3n) is 2.28. The Hall–Kier alpha value is -2.04. The van der Waals surface area contributed by atoms with Crippen molar-refractivity contribution >= 4 is 11.9 Å².